The minimum absolute atomic E-state index is 0.00284. The number of hydrogen-bond acceptors (Lipinski definition) is 6. The predicted octanol–water partition coefficient (Wildman–Crippen LogP) is 4.01. The second-order valence-corrected chi connectivity index (χ2v) is 8.46. The molecular weight excluding hydrogens is 473 g/mol. The first-order valence-electron chi connectivity index (χ1n) is 9.49. The molecule has 2 aromatic carbocycles. The lowest BCUT2D eigenvalue weighted by molar-refractivity contribution is -0.145. The van der Waals surface area contributed by atoms with Crippen LogP contribution in [0.1, 0.15) is 21.6 Å². The van der Waals surface area contributed by atoms with Crippen LogP contribution in [0.2, 0.25) is 10.0 Å². The van der Waals surface area contributed by atoms with Crippen molar-refractivity contribution >= 4 is 52.3 Å². The number of halogens is 2. The van der Waals surface area contributed by atoms with Crippen LogP contribution in [0.5, 0.6) is 0 Å². The Hall–Kier alpha value is -2.94. The van der Waals surface area contributed by atoms with Crippen LogP contribution in [0.25, 0.3) is 10.6 Å². The first-order valence-corrected chi connectivity index (χ1v) is 11.1. The minimum atomic E-state index is -0.615. The van der Waals surface area contributed by atoms with Crippen molar-refractivity contribution in [2.45, 2.75) is 13.5 Å². The molecule has 10 heteroatoms. The Bertz CT molecular complexity index is 1130. The van der Waals surface area contributed by atoms with Gasteiger partial charge in [0.25, 0.3) is 5.91 Å². The molecule has 0 radical (unpaired) electrons. The molecule has 1 heterocycles. The first-order chi connectivity index (χ1) is 15.3. The monoisotopic (exact) mass is 491 g/mol. The van der Waals surface area contributed by atoms with Crippen molar-refractivity contribution in [3.8, 4) is 10.6 Å². The second-order valence-electron chi connectivity index (χ2n) is 6.75. The van der Waals surface area contributed by atoms with Gasteiger partial charge in [0.2, 0.25) is 5.91 Å². The number of aryl methyl sites for hydroxylation is 1. The number of thiazole rings is 1. The largest absolute Gasteiger partial charge is 0.458 e. The van der Waals surface area contributed by atoms with Gasteiger partial charge in [0, 0.05) is 16.0 Å². The van der Waals surface area contributed by atoms with E-state index in [1.165, 1.54) is 29.5 Å². The van der Waals surface area contributed by atoms with E-state index in [0.717, 1.165) is 16.1 Å². The molecule has 3 aromatic rings. The number of carbonyl (C=O) groups excluding carboxylic acids is 3. The van der Waals surface area contributed by atoms with Gasteiger partial charge in [-0.1, -0.05) is 53.0 Å². The van der Waals surface area contributed by atoms with E-state index < -0.39 is 17.8 Å². The number of nitrogens with one attached hydrogen (secondary N) is 2. The van der Waals surface area contributed by atoms with Crippen molar-refractivity contribution in [1.29, 1.82) is 0 Å². The molecule has 7 nitrogen and oxygen atoms in total. The van der Waals surface area contributed by atoms with Gasteiger partial charge in [-0.2, -0.15) is 0 Å². The molecule has 0 atom stereocenters. The Morgan fingerprint density at radius 1 is 1.03 bits per heavy atom. The summed E-state index contributed by atoms with van der Waals surface area (Å²) in [4.78, 5) is 40.3. The average molecular weight is 492 g/mol. The van der Waals surface area contributed by atoms with Gasteiger partial charge < -0.3 is 15.4 Å². The summed E-state index contributed by atoms with van der Waals surface area (Å²) in [5.41, 5.74) is 2.97. The Balaban J connectivity index is 1.39. The summed E-state index contributed by atoms with van der Waals surface area (Å²) in [6.07, 6.45) is 0. The summed E-state index contributed by atoms with van der Waals surface area (Å²) in [7, 11) is 0. The van der Waals surface area contributed by atoms with E-state index in [-0.39, 0.29) is 30.3 Å². The molecule has 0 saturated heterocycles. The molecule has 0 aliphatic rings. The van der Waals surface area contributed by atoms with Gasteiger partial charge in [-0.3, -0.25) is 14.4 Å². The van der Waals surface area contributed by atoms with E-state index >= 15 is 0 Å². The molecule has 2 amide bonds. The third kappa shape index (κ3) is 6.78. The zero-order chi connectivity index (χ0) is 23.1. The summed E-state index contributed by atoms with van der Waals surface area (Å²) in [5.74, 6) is -1.69. The highest BCUT2D eigenvalue weighted by atomic mass is 35.5. The fraction of sp³-hybridized carbons (Fsp3) is 0.182. The molecule has 2 N–H and O–H groups in total. The third-order valence-corrected chi connectivity index (χ3v) is 5.73. The summed E-state index contributed by atoms with van der Waals surface area (Å²) in [6, 6.07) is 12.4. The molecule has 0 unspecified atom stereocenters. The van der Waals surface area contributed by atoms with Crippen LogP contribution in [-0.2, 0) is 20.9 Å². The van der Waals surface area contributed by atoms with Crippen molar-refractivity contribution in [2.75, 3.05) is 13.1 Å². The summed E-state index contributed by atoms with van der Waals surface area (Å²) in [5, 5.41) is 8.03. The number of hydrogen-bond donors (Lipinski definition) is 2. The predicted molar refractivity (Wildman–Crippen MR) is 124 cm³/mol. The molecule has 0 bridgehead atoms. The number of rotatable bonds is 8. The lowest BCUT2D eigenvalue weighted by atomic mass is 10.2. The van der Waals surface area contributed by atoms with Crippen LogP contribution < -0.4 is 10.6 Å². The fourth-order valence-corrected chi connectivity index (χ4v) is 3.87. The van der Waals surface area contributed by atoms with E-state index in [1.807, 2.05) is 36.6 Å². The minimum Gasteiger partial charge on any atom is -0.458 e. The number of aromatic nitrogens is 1. The smallest absolute Gasteiger partial charge is 0.325 e. The Kier molecular flexibility index (Phi) is 8.21. The topological polar surface area (TPSA) is 97.4 Å². The van der Waals surface area contributed by atoms with Gasteiger partial charge in [-0.15, -0.1) is 11.3 Å². The number of amides is 2. The first kappa shape index (κ1) is 23.7. The van der Waals surface area contributed by atoms with Crippen LogP contribution in [-0.4, -0.2) is 35.9 Å². The molecule has 0 fully saturated rings. The average Bonchev–Trinajstić information content (AvgIpc) is 3.24. The highest BCUT2D eigenvalue weighted by Gasteiger charge is 2.13. The molecule has 0 aliphatic heterocycles. The SMILES string of the molecule is Cc1ccc(-c2nc(COC(=O)CNC(=O)CNC(=O)c3ccc(Cl)cc3Cl)cs2)cc1. The summed E-state index contributed by atoms with van der Waals surface area (Å²) < 4.78 is 5.14. The van der Waals surface area contributed by atoms with Gasteiger partial charge >= 0.3 is 5.97 Å². The molecule has 0 aliphatic carbocycles. The molecule has 0 spiro atoms. The number of nitrogens with zero attached hydrogens (tertiary/aromatic N) is 1. The third-order valence-electron chi connectivity index (χ3n) is 4.25. The highest BCUT2D eigenvalue weighted by molar-refractivity contribution is 7.13. The van der Waals surface area contributed by atoms with Gasteiger partial charge in [0.05, 0.1) is 22.8 Å². The maximum Gasteiger partial charge on any atom is 0.325 e. The standard InChI is InChI=1S/C22H19Cl2N3O4S/c1-13-2-4-14(5-3-13)22-27-16(12-32-22)11-31-20(29)10-25-19(28)9-26-21(30)17-7-6-15(23)8-18(17)24/h2-8,12H,9-11H2,1H3,(H,25,28)(H,26,30). The van der Waals surface area contributed by atoms with E-state index in [0.29, 0.717) is 10.7 Å². The quantitative estimate of drug-likeness (QED) is 0.463. The van der Waals surface area contributed by atoms with Crippen LogP contribution in [0, 0.1) is 6.92 Å². The molecule has 3 rings (SSSR count). The lowest BCUT2D eigenvalue weighted by Gasteiger charge is -2.08. The number of esters is 1. The Labute approximate surface area is 198 Å². The maximum absolute atomic E-state index is 12.1. The number of carbonyl (C=O) groups is 3. The van der Waals surface area contributed by atoms with Gasteiger partial charge in [-0.05, 0) is 25.1 Å². The van der Waals surface area contributed by atoms with Crippen molar-refractivity contribution < 1.29 is 19.1 Å². The van der Waals surface area contributed by atoms with Crippen molar-refractivity contribution in [1.82, 2.24) is 15.6 Å². The maximum atomic E-state index is 12.1. The van der Waals surface area contributed by atoms with Gasteiger partial charge in [0.15, 0.2) is 0 Å². The fourth-order valence-electron chi connectivity index (χ4n) is 2.57. The van der Waals surface area contributed by atoms with E-state index in [1.54, 1.807) is 0 Å². The Morgan fingerprint density at radius 3 is 2.50 bits per heavy atom. The highest BCUT2D eigenvalue weighted by Crippen LogP contribution is 2.24. The summed E-state index contributed by atoms with van der Waals surface area (Å²) in [6.45, 7) is 1.36. The van der Waals surface area contributed by atoms with Crippen molar-refractivity contribution in [3.63, 3.8) is 0 Å². The van der Waals surface area contributed by atoms with E-state index in [9.17, 15) is 14.4 Å². The van der Waals surface area contributed by atoms with Crippen LogP contribution in [0.15, 0.2) is 47.8 Å². The Morgan fingerprint density at radius 2 is 1.78 bits per heavy atom. The molecule has 166 valence electrons. The molecule has 1 aromatic heterocycles. The number of benzene rings is 2. The normalized spacial score (nSPS) is 10.5. The summed E-state index contributed by atoms with van der Waals surface area (Å²) >= 11 is 13.2. The van der Waals surface area contributed by atoms with Gasteiger partial charge in [0.1, 0.15) is 18.2 Å². The van der Waals surface area contributed by atoms with Crippen LogP contribution >= 0.6 is 34.5 Å². The second kappa shape index (κ2) is 11.1. The zero-order valence-corrected chi connectivity index (χ0v) is 19.3. The molecule has 0 saturated carbocycles. The number of ether oxygens (including phenoxy) is 1. The molecule has 32 heavy (non-hydrogen) atoms. The van der Waals surface area contributed by atoms with E-state index in [4.69, 9.17) is 27.9 Å². The van der Waals surface area contributed by atoms with Crippen LogP contribution in [0.4, 0.5) is 0 Å². The lowest BCUT2D eigenvalue weighted by Crippen LogP contribution is -2.39. The van der Waals surface area contributed by atoms with Crippen molar-refractivity contribution in [3.05, 3.63) is 74.7 Å². The van der Waals surface area contributed by atoms with Gasteiger partial charge in [-0.25, -0.2) is 4.98 Å². The van der Waals surface area contributed by atoms with Crippen molar-refractivity contribution in [2.24, 2.45) is 0 Å². The van der Waals surface area contributed by atoms with E-state index in [2.05, 4.69) is 15.6 Å². The zero-order valence-electron chi connectivity index (χ0n) is 17.0. The van der Waals surface area contributed by atoms with Crippen LogP contribution in [0.3, 0.4) is 0 Å². The molecular formula is C22H19Cl2N3O4S.